The molecule has 0 bridgehead atoms. The molecular weight excluding hydrogens is 450 g/mol. The molecule has 0 atom stereocenters. The van der Waals surface area contributed by atoms with Crippen molar-refractivity contribution in [3.8, 4) is 22.1 Å². The van der Waals surface area contributed by atoms with Gasteiger partial charge in [0.15, 0.2) is 6.61 Å². The number of rotatable bonds is 9. The van der Waals surface area contributed by atoms with Crippen LogP contribution in [0, 0.1) is 0 Å². The lowest BCUT2D eigenvalue weighted by Crippen LogP contribution is -2.34. The number of hydrogen-bond donors (Lipinski definition) is 1. The van der Waals surface area contributed by atoms with Crippen LogP contribution in [0.1, 0.15) is 24.3 Å². The fourth-order valence-electron chi connectivity index (χ4n) is 3.02. The zero-order chi connectivity index (χ0) is 23.1. The van der Waals surface area contributed by atoms with Crippen molar-refractivity contribution in [3.05, 3.63) is 58.6 Å². The van der Waals surface area contributed by atoms with Gasteiger partial charge in [-0.05, 0) is 44.2 Å². The number of anilines is 1. The van der Waals surface area contributed by atoms with E-state index in [2.05, 4.69) is 10.3 Å². The maximum Gasteiger partial charge on any atom is 0.275 e. The third-order valence-corrected chi connectivity index (χ3v) is 5.90. The van der Waals surface area contributed by atoms with Crippen LogP contribution < -0.4 is 14.8 Å². The number of para-hydroxylation sites is 1. The minimum atomic E-state index is -0.358. The first-order valence-electron chi connectivity index (χ1n) is 10.1. The number of benzene rings is 2. The third kappa shape index (κ3) is 5.57. The lowest BCUT2D eigenvalue weighted by Gasteiger charge is -2.19. The highest BCUT2D eigenvalue weighted by atomic mass is 35.5. The second-order valence-corrected chi connectivity index (χ2v) is 7.96. The second-order valence-electron chi connectivity index (χ2n) is 6.69. The molecule has 3 aromatic rings. The molecule has 0 aliphatic carbocycles. The molecule has 7 nitrogen and oxygen atoms in total. The van der Waals surface area contributed by atoms with E-state index in [0.717, 1.165) is 5.56 Å². The largest absolute Gasteiger partial charge is 0.496 e. The van der Waals surface area contributed by atoms with Crippen molar-refractivity contribution in [2.45, 2.75) is 13.8 Å². The summed E-state index contributed by atoms with van der Waals surface area (Å²) >= 11 is 7.64. The molecule has 3 rings (SSSR count). The van der Waals surface area contributed by atoms with Crippen LogP contribution in [-0.2, 0) is 4.79 Å². The molecule has 0 aliphatic rings. The number of methoxy groups -OCH3 is 1. The molecule has 0 unspecified atom stereocenters. The number of amides is 2. The molecule has 0 aliphatic heterocycles. The average Bonchev–Trinajstić information content (AvgIpc) is 3.29. The van der Waals surface area contributed by atoms with Crippen LogP contribution in [0.3, 0.4) is 0 Å². The Morgan fingerprint density at radius 1 is 1.12 bits per heavy atom. The first kappa shape index (κ1) is 23.6. The van der Waals surface area contributed by atoms with Gasteiger partial charge in [0.05, 0.1) is 17.7 Å². The molecule has 9 heteroatoms. The molecule has 0 fully saturated rings. The van der Waals surface area contributed by atoms with Gasteiger partial charge >= 0.3 is 0 Å². The number of nitrogens with zero attached hydrogens (tertiary/aromatic N) is 2. The summed E-state index contributed by atoms with van der Waals surface area (Å²) < 4.78 is 10.9. The predicted octanol–water partition coefficient (Wildman–Crippen LogP) is 4.97. The number of nitrogens with one attached hydrogen (secondary N) is 1. The van der Waals surface area contributed by atoms with Crippen molar-refractivity contribution in [2.24, 2.45) is 0 Å². The molecule has 1 aromatic heterocycles. The summed E-state index contributed by atoms with van der Waals surface area (Å²) in [6.07, 6.45) is 0. The summed E-state index contributed by atoms with van der Waals surface area (Å²) in [5.41, 5.74) is 1.61. The molecule has 0 radical (unpaired) electrons. The van der Waals surface area contributed by atoms with Gasteiger partial charge in [-0.3, -0.25) is 9.59 Å². The summed E-state index contributed by atoms with van der Waals surface area (Å²) in [7, 11) is 1.59. The van der Waals surface area contributed by atoms with Crippen LogP contribution in [-0.4, -0.2) is 48.5 Å². The van der Waals surface area contributed by atoms with Gasteiger partial charge < -0.3 is 19.7 Å². The maximum atomic E-state index is 12.6. The van der Waals surface area contributed by atoms with Crippen LogP contribution in [0.5, 0.6) is 11.5 Å². The number of ether oxygens (including phenoxy) is 2. The van der Waals surface area contributed by atoms with Crippen molar-refractivity contribution in [1.29, 1.82) is 0 Å². The zero-order valence-corrected chi connectivity index (χ0v) is 19.6. The normalized spacial score (nSPS) is 10.5. The SMILES string of the molecule is CCN(CC)C(=O)COc1ccc(NC(=O)c2csc(-c3ccccc3OC)n2)cc1Cl. The van der Waals surface area contributed by atoms with Crippen LogP contribution in [0.15, 0.2) is 47.8 Å². The smallest absolute Gasteiger partial charge is 0.275 e. The van der Waals surface area contributed by atoms with Gasteiger partial charge in [-0.15, -0.1) is 11.3 Å². The van der Waals surface area contributed by atoms with Gasteiger partial charge in [-0.1, -0.05) is 23.7 Å². The van der Waals surface area contributed by atoms with Gasteiger partial charge in [-0.25, -0.2) is 4.98 Å². The van der Waals surface area contributed by atoms with Crippen LogP contribution in [0.4, 0.5) is 5.69 Å². The summed E-state index contributed by atoms with van der Waals surface area (Å²) in [4.78, 5) is 30.8. The Labute approximate surface area is 195 Å². The lowest BCUT2D eigenvalue weighted by molar-refractivity contribution is -0.132. The van der Waals surface area contributed by atoms with Crippen LogP contribution in [0.2, 0.25) is 5.02 Å². The number of carbonyl (C=O) groups excluding carboxylic acids is 2. The van der Waals surface area contributed by atoms with E-state index in [1.54, 1.807) is 35.6 Å². The lowest BCUT2D eigenvalue weighted by atomic mass is 10.2. The van der Waals surface area contributed by atoms with Gasteiger partial charge in [0, 0.05) is 24.2 Å². The highest BCUT2D eigenvalue weighted by molar-refractivity contribution is 7.13. The summed E-state index contributed by atoms with van der Waals surface area (Å²) in [5, 5.41) is 5.45. The third-order valence-electron chi connectivity index (χ3n) is 4.73. The number of likely N-dealkylation sites (N-methyl/N-ethyl adjacent to an activating group) is 1. The van der Waals surface area contributed by atoms with Crippen molar-refractivity contribution in [3.63, 3.8) is 0 Å². The molecule has 32 heavy (non-hydrogen) atoms. The van der Waals surface area contributed by atoms with E-state index >= 15 is 0 Å². The predicted molar refractivity (Wildman–Crippen MR) is 127 cm³/mol. The van der Waals surface area contributed by atoms with Crippen LogP contribution >= 0.6 is 22.9 Å². The van der Waals surface area contributed by atoms with Gasteiger partial charge in [0.2, 0.25) is 0 Å². The minimum absolute atomic E-state index is 0.0995. The summed E-state index contributed by atoms with van der Waals surface area (Å²) in [6.45, 7) is 4.96. The van der Waals surface area contributed by atoms with E-state index in [1.807, 2.05) is 38.1 Å². The Morgan fingerprint density at radius 2 is 1.88 bits per heavy atom. The molecule has 2 aromatic carbocycles. The Bertz CT molecular complexity index is 1100. The van der Waals surface area contributed by atoms with E-state index in [0.29, 0.717) is 40.3 Å². The fourth-order valence-corrected chi connectivity index (χ4v) is 4.09. The average molecular weight is 474 g/mol. The number of hydrogen-bond acceptors (Lipinski definition) is 6. The fraction of sp³-hybridized carbons (Fsp3) is 0.261. The van der Waals surface area contributed by atoms with E-state index < -0.39 is 0 Å². The first-order valence-corrected chi connectivity index (χ1v) is 11.3. The molecule has 0 saturated heterocycles. The van der Waals surface area contributed by atoms with Crippen molar-refractivity contribution in [1.82, 2.24) is 9.88 Å². The number of halogens is 1. The standard InChI is InChI=1S/C23H24ClN3O4S/c1-4-27(5-2)21(28)13-31-20-11-10-15(12-17(20)24)25-22(29)18-14-32-23(26-18)16-8-6-7-9-19(16)30-3/h6-12,14H,4-5,13H2,1-3H3,(H,25,29). The highest BCUT2D eigenvalue weighted by Crippen LogP contribution is 2.32. The molecule has 0 spiro atoms. The van der Waals surface area contributed by atoms with E-state index in [9.17, 15) is 9.59 Å². The van der Waals surface area contributed by atoms with Crippen LogP contribution in [0.25, 0.3) is 10.6 Å². The molecule has 2 amide bonds. The number of carbonyl (C=O) groups is 2. The monoisotopic (exact) mass is 473 g/mol. The quantitative estimate of drug-likeness (QED) is 0.474. The maximum absolute atomic E-state index is 12.6. The first-order chi connectivity index (χ1) is 15.5. The molecule has 1 heterocycles. The molecule has 168 valence electrons. The number of thiazole rings is 1. The van der Waals surface area contributed by atoms with Crippen molar-refractivity contribution >= 4 is 40.4 Å². The summed E-state index contributed by atoms with van der Waals surface area (Å²) in [6, 6.07) is 12.4. The molecule has 0 saturated carbocycles. The Hall–Kier alpha value is -3.10. The van der Waals surface area contributed by atoms with E-state index in [1.165, 1.54) is 11.3 Å². The Morgan fingerprint density at radius 3 is 2.56 bits per heavy atom. The Balaban J connectivity index is 1.65. The zero-order valence-electron chi connectivity index (χ0n) is 18.1. The van der Waals surface area contributed by atoms with Gasteiger partial charge in [0.25, 0.3) is 11.8 Å². The van der Waals surface area contributed by atoms with Gasteiger partial charge in [0.1, 0.15) is 22.2 Å². The summed E-state index contributed by atoms with van der Waals surface area (Å²) in [5.74, 6) is 0.592. The van der Waals surface area contributed by atoms with E-state index in [-0.39, 0.29) is 24.1 Å². The molecule has 1 N–H and O–H groups in total. The van der Waals surface area contributed by atoms with Gasteiger partial charge in [-0.2, -0.15) is 0 Å². The van der Waals surface area contributed by atoms with Crippen molar-refractivity contribution < 1.29 is 19.1 Å². The number of aromatic nitrogens is 1. The topological polar surface area (TPSA) is 80.8 Å². The van der Waals surface area contributed by atoms with Crippen molar-refractivity contribution in [2.75, 3.05) is 32.1 Å². The Kier molecular flexibility index (Phi) is 8.08. The second kappa shape index (κ2) is 11.0. The van der Waals surface area contributed by atoms with E-state index in [4.69, 9.17) is 21.1 Å². The molecular formula is C23H24ClN3O4S. The highest BCUT2D eigenvalue weighted by Gasteiger charge is 2.16. The minimum Gasteiger partial charge on any atom is -0.496 e.